The van der Waals surface area contributed by atoms with Crippen molar-refractivity contribution in [2.24, 2.45) is 0 Å². The van der Waals surface area contributed by atoms with E-state index in [1.54, 1.807) is 18.2 Å². The Hall–Kier alpha value is -2.46. The number of sulfone groups is 1. The first kappa shape index (κ1) is 15.4. The van der Waals surface area contributed by atoms with Gasteiger partial charge >= 0.3 is 0 Å². The molecule has 0 aliphatic rings. The summed E-state index contributed by atoms with van der Waals surface area (Å²) in [5.74, 6) is -0.459. The van der Waals surface area contributed by atoms with Crippen LogP contribution in [0.25, 0.3) is 11.1 Å². The highest BCUT2D eigenvalue weighted by Gasteiger charge is 2.18. The predicted octanol–water partition coefficient (Wildman–Crippen LogP) is 4.63. The molecule has 0 unspecified atom stereocenters. The summed E-state index contributed by atoms with van der Waals surface area (Å²) < 4.78 is 38.2. The van der Waals surface area contributed by atoms with Gasteiger partial charge in [-0.3, -0.25) is 0 Å². The summed E-state index contributed by atoms with van der Waals surface area (Å²) in [5.41, 5.74) is 2.90. The maximum atomic E-state index is 13.0. The van der Waals surface area contributed by atoms with E-state index < -0.39 is 15.7 Å². The largest absolute Gasteiger partial charge is 0.219 e. The smallest absolute Gasteiger partial charge is 0.206 e. The predicted molar refractivity (Wildman–Crippen MR) is 88.5 cm³/mol. The number of hydrogen-bond donors (Lipinski definition) is 0. The summed E-state index contributed by atoms with van der Waals surface area (Å²) in [6.45, 7) is 1.88. The molecule has 0 heterocycles. The molecular formula is C19H15FO2S. The zero-order chi connectivity index (χ0) is 16.4. The standard InChI is InChI=1S/C19H15FO2S/c1-14-13-18(11-12-19(14)15-5-3-2-4-6-15)23(21,22)17-9-7-16(20)8-10-17/h2-13H,1H3. The quantitative estimate of drug-likeness (QED) is 0.657. The Morgan fingerprint density at radius 1 is 0.783 bits per heavy atom. The van der Waals surface area contributed by atoms with Crippen LogP contribution >= 0.6 is 0 Å². The zero-order valence-electron chi connectivity index (χ0n) is 12.5. The highest BCUT2D eigenvalue weighted by molar-refractivity contribution is 7.91. The van der Waals surface area contributed by atoms with Crippen LogP contribution in [0.15, 0.2) is 82.6 Å². The first-order chi connectivity index (χ1) is 11.0. The lowest BCUT2D eigenvalue weighted by Crippen LogP contribution is -2.02. The Balaban J connectivity index is 2.05. The Bertz CT molecular complexity index is 931. The highest BCUT2D eigenvalue weighted by Crippen LogP contribution is 2.28. The van der Waals surface area contributed by atoms with Gasteiger partial charge in [-0.05, 0) is 60.0 Å². The molecule has 0 saturated heterocycles. The van der Waals surface area contributed by atoms with Gasteiger partial charge in [-0.1, -0.05) is 36.4 Å². The molecule has 3 rings (SSSR count). The Morgan fingerprint density at radius 3 is 2.00 bits per heavy atom. The van der Waals surface area contributed by atoms with E-state index in [0.717, 1.165) is 28.8 Å². The molecule has 0 radical (unpaired) electrons. The van der Waals surface area contributed by atoms with Crippen LogP contribution in [0.3, 0.4) is 0 Å². The zero-order valence-corrected chi connectivity index (χ0v) is 13.3. The van der Waals surface area contributed by atoms with Crippen molar-refractivity contribution in [3.8, 4) is 11.1 Å². The van der Waals surface area contributed by atoms with E-state index in [0.29, 0.717) is 0 Å². The fraction of sp³-hybridized carbons (Fsp3) is 0.0526. The molecule has 0 aromatic heterocycles. The van der Waals surface area contributed by atoms with Crippen molar-refractivity contribution < 1.29 is 12.8 Å². The van der Waals surface area contributed by atoms with Crippen LogP contribution in [-0.2, 0) is 9.84 Å². The second kappa shape index (κ2) is 5.97. The third kappa shape index (κ3) is 3.03. The summed E-state index contributed by atoms with van der Waals surface area (Å²) in [5, 5.41) is 0. The van der Waals surface area contributed by atoms with Gasteiger partial charge in [0.15, 0.2) is 0 Å². The number of hydrogen-bond acceptors (Lipinski definition) is 2. The van der Waals surface area contributed by atoms with Gasteiger partial charge in [0.2, 0.25) is 9.84 Å². The molecule has 116 valence electrons. The van der Waals surface area contributed by atoms with Gasteiger partial charge < -0.3 is 0 Å². The lowest BCUT2D eigenvalue weighted by Gasteiger charge is -2.10. The molecular weight excluding hydrogens is 311 g/mol. The SMILES string of the molecule is Cc1cc(S(=O)(=O)c2ccc(F)cc2)ccc1-c1ccccc1. The van der Waals surface area contributed by atoms with Crippen LogP contribution < -0.4 is 0 Å². The fourth-order valence-electron chi connectivity index (χ4n) is 2.49. The molecule has 0 saturated carbocycles. The molecule has 0 bridgehead atoms. The third-order valence-electron chi connectivity index (χ3n) is 3.72. The maximum absolute atomic E-state index is 13.0. The average Bonchev–Trinajstić information content (AvgIpc) is 2.56. The van der Waals surface area contributed by atoms with Gasteiger partial charge in [0, 0.05) is 0 Å². The van der Waals surface area contributed by atoms with Crippen molar-refractivity contribution in [1.82, 2.24) is 0 Å². The molecule has 0 atom stereocenters. The van der Waals surface area contributed by atoms with Gasteiger partial charge in [0.1, 0.15) is 5.82 Å². The van der Waals surface area contributed by atoms with Crippen LogP contribution in [0.1, 0.15) is 5.56 Å². The number of benzene rings is 3. The van der Waals surface area contributed by atoms with Gasteiger partial charge in [-0.25, -0.2) is 12.8 Å². The molecule has 0 amide bonds. The van der Waals surface area contributed by atoms with Gasteiger partial charge in [0.25, 0.3) is 0 Å². The highest BCUT2D eigenvalue weighted by atomic mass is 32.2. The van der Waals surface area contributed by atoms with Crippen LogP contribution in [0.2, 0.25) is 0 Å². The molecule has 0 aliphatic heterocycles. The van der Waals surface area contributed by atoms with E-state index in [2.05, 4.69) is 0 Å². The van der Waals surface area contributed by atoms with Crippen molar-refractivity contribution in [2.45, 2.75) is 16.7 Å². The average molecular weight is 326 g/mol. The minimum atomic E-state index is -3.64. The summed E-state index contributed by atoms with van der Waals surface area (Å²) in [6.07, 6.45) is 0. The Labute approximate surface area is 135 Å². The van der Waals surface area contributed by atoms with Crippen molar-refractivity contribution in [3.63, 3.8) is 0 Å². The summed E-state index contributed by atoms with van der Waals surface area (Å²) in [7, 11) is -3.64. The fourth-order valence-corrected chi connectivity index (χ4v) is 3.84. The minimum Gasteiger partial charge on any atom is -0.219 e. The third-order valence-corrected chi connectivity index (χ3v) is 5.48. The van der Waals surface area contributed by atoms with Crippen LogP contribution in [0.4, 0.5) is 4.39 Å². The molecule has 23 heavy (non-hydrogen) atoms. The normalized spacial score (nSPS) is 11.4. The van der Waals surface area contributed by atoms with Gasteiger partial charge in [-0.15, -0.1) is 0 Å². The van der Waals surface area contributed by atoms with Gasteiger partial charge in [-0.2, -0.15) is 0 Å². The molecule has 0 N–H and O–H groups in total. The van der Waals surface area contributed by atoms with Crippen LogP contribution in [0, 0.1) is 12.7 Å². The Morgan fingerprint density at radius 2 is 1.39 bits per heavy atom. The van der Waals surface area contributed by atoms with E-state index in [1.165, 1.54) is 12.1 Å². The molecule has 3 aromatic carbocycles. The molecule has 0 fully saturated rings. The molecule has 3 aromatic rings. The minimum absolute atomic E-state index is 0.0887. The second-order valence-electron chi connectivity index (χ2n) is 5.30. The van der Waals surface area contributed by atoms with Gasteiger partial charge in [0.05, 0.1) is 9.79 Å². The van der Waals surface area contributed by atoms with E-state index in [4.69, 9.17) is 0 Å². The first-order valence-corrected chi connectivity index (χ1v) is 8.63. The molecule has 0 aliphatic carbocycles. The monoisotopic (exact) mass is 326 g/mol. The molecule has 4 heteroatoms. The van der Waals surface area contributed by atoms with Crippen LogP contribution in [-0.4, -0.2) is 8.42 Å². The topological polar surface area (TPSA) is 34.1 Å². The summed E-state index contributed by atoms with van der Waals surface area (Å²) in [6, 6.07) is 19.7. The van der Waals surface area contributed by atoms with Crippen molar-refractivity contribution in [2.75, 3.05) is 0 Å². The summed E-state index contributed by atoms with van der Waals surface area (Å²) >= 11 is 0. The number of rotatable bonds is 3. The lowest BCUT2D eigenvalue weighted by molar-refractivity contribution is 0.594. The Kier molecular flexibility index (Phi) is 4.01. The van der Waals surface area contributed by atoms with Crippen molar-refractivity contribution in [3.05, 3.63) is 84.2 Å². The van der Waals surface area contributed by atoms with Crippen molar-refractivity contribution >= 4 is 9.84 Å². The first-order valence-electron chi connectivity index (χ1n) is 7.15. The van der Waals surface area contributed by atoms with E-state index >= 15 is 0 Å². The summed E-state index contributed by atoms with van der Waals surface area (Å²) in [4.78, 5) is 0.298. The van der Waals surface area contributed by atoms with E-state index in [1.807, 2.05) is 37.3 Å². The van der Waals surface area contributed by atoms with E-state index in [-0.39, 0.29) is 9.79 Å². The van der Waals surface area contributed by atoms with E-state index in [9.17, 15) is 12.8 Å². The van der Waals surface area contributed by atoms with Crippen LogP contribution in [0.5, 0.6) is 0 Å². The molecule has 2 nitrogen and oxygen atoms in total. The van der Waals surface area contributed by atoms with Crippen molar-refractivity contribution in [1.29, 1.82) is 0 Å². The second-order valence-corrected chi connectivity index (χ2v) is 7.25. The maximum Gasteiger partial charge on any atom is 0.206 e. The molecule has 0 spiro atoms. The lowest BCUT2D eigenvalue weighted by atomic mass is 10.0. The number of aryl methyl sites for hydroxylation is 1. The number of halogens is 1.